The molecular weight excluding hydrogens is 670 g/mol. The van der Waals surface area contributed by atoms with E-state index in [0.29, 0.717) is 22.3 Å². The third-order valence-corrected chi connectivity index (χ3v) is 9.80. The van der Waals surface area contributed by atoms with Crippen LogP contribution in [-0.2, 0) is 19.1 Å². The number of carbonyl (C=O) groups excluding carboxylic acids is 2. The fourth-order valence-electron chi connectivity index (χ4n) is 5.47. The molecule has 0 radical (unpaired) electrons. The van der Waals surface area contributed by atoms with Gasteiger partial charge in [-0.15, -0.1) is 0 Å². The zero-order valence-electron chi connectivity index (χ0n) is 26.7. The van der Waals surface area contributed by atoms with Gasteiger partial charge in [-0.1, -0.05) is 72.8 Å². The summed E-state index contributed by atoms with van der Waals surface area (Å²) < 4.78 is 47.5. The highest BCUT2D eigenvalue weighted by molar-refractivity contribution is 7.32. The first kappa shape index (κ1) is 33.0. The molecule has 2 N–H and O–H groups in total. The third kappa shape index (κ3) is 7.55. The van der Waals surface area contributed by atoms with Crippen molar-refractivity contribution in [2.45, 2.75) is 31.8 Å². The number of nitrogens with one attached hydrogen (secondary N) is 2. The molecule has 12 nitrogen and oxygen atoms in total. The van der Waals surface area contributed by atoms with E-state index in [1.807, 2.05) is 97.1 Å². The molecule has 2 amide bonds. The van der Waals surface area contributed by atoms with Crippen LogP contribution < -0.4 is 19.7 Å². The average Bonchev–Trinajstić information content (AvgIpc) is 3.25. The molecular formula is C35H34N2O10P2. The van der Waals surface area contributed by atoms with E-state index in [1.165, 1.54) is 0 Å². The van der Waals surface area contributed by atoms with Gasteiger partial charge in [0, 0.05) is 34.6 Å². The van der Waals surface area contributed by atoms with E-state index < -0.39 is 46.3 Å². The Balaban J connectivity index is 0.948. The Bertz CT molecular complexity index is 1950. The highest BCUT2D eigenvalue weighted by Gasteiger charge is 2.48. The molecule has 1 fully saturated rings. The molecule has 0 bridgehead atoms. The molecule has 14 heteroatoms. The highest BCUT2D eigenvalue weighted by Crippen LogP contribution is 2.35. The molecule has 254 valence electrons. The summed E-state index contributed by atoms with van der Waals surface area (Å²) in [6.45, 7) is 3.71. The van der Waals surface area contributed by atoms with Crippen LogP contribution in [0.5, 0.6) is 0 Å². The van der Waals surface area contributed by atoms with Crippen LogP contribution >= 0.6 is 16.5 Å². The molecule has 2 atom stereocenters. The molecule has 6 aromatic rings. The first-order valence-corrected chi connectivity index (χ1v) is 17.9. The number of hydrogen-bond donors (Lipinski definition) is 2. The number of ether oxygens (including phenoxy) is 2. The lowest BCUT2D eigenvalue weighted by Crippen LogP contribution is -2.49. The van der Waals surface area contributed by atoms with Gasteiger partial charge < -0.3 is 36.9 Å². The number of rotatable bonds is 10. The summed E-state index contributed by atoms with van der Waals surface area (Å²) in [7, 11) is -3.58. The highest BCUT2D eigenvalue weighted by atomic mass is 31.1. The van der Waals surface area contributed by atoms with E-state index in [2.05, 4.69) is 10.6 Å². The van der Waals surface area contributed by atoms with Gasteiger partial charge in [-0.2, -0.15) is 0 Å². The lowest BCUT2D eigenvalue weighted by molar-refractivity contribution is -0.159. The standard InChI is InChI=1S/C35H34N2O10P2/c1-35(2)42-31(33(38)36-19-21-40-48-44-27-15-7-3-11-23(27)24-12-4-8-16-28(24)45-48)32(43-35)34(39)37-20-22-41-49-46-29-17-9-5-13-25(29)26-14-6-10-18-30(26)47-49/h3-18,31-32H,19-22H2,1-2H3,(H,36,38)(H,37,39)/t31-,32-/m0/s1. The van der Waals surface area contributed by atoms with Gasteiger partial charge in [0.1, 0.15) is 22.3 Å². The molecule has 3 heterocycles. The number of fused-ring (bicyclic) bond motifs is 6. The molecule has 0 spiro atoms. The SMILES string of the molecule is CC1(C)O[C@H](C(=O)NCCOp2oc3ccccc3c3ccccc3o2)[C@@H](C(=O)NCCOp2oc3ccccc3c3ccccc3o2)O1. The summed E-state index contributed by atoms with van der Waals surface area (Å²) in [4.78, 5) is 26.4. The molecule has 49 heavy (non-hydrogen) atoms. The van der Waals surface area contributed by atoms with E-state index in [-0.39, 0.29) is 26.3 Å². The van der Waals surface area contributed by atoms with Gasteiger partial charge in [0.15, 0.2) is 18.0 Å². The lowest BCUT2D eigenvalue weighted by atomic mass is 10.1. The van der Waals surface area contributed by atoms with Gasteiger partial charge in [-0.3, -0.25) is 18.6 Å². The number of hydrogen-bond acceptors (Lipinski definition) is 10. The van der Waals surface area contributed by atoms with Crippen molar-refractivity contribution in [3.63, 3.8) is 0 Å². The van der Waals surface area contributed by atoms with E-state index in [9.17, 15) is 9.59 Å². The van der Waals surface area contributed by atoms with E-state index in [1.54, 1.807) is 13.8 Å². The summed E-state index contributed by atoms with van der Waals surface area (Å²) >= 11 is 0. The maximum Gasteiger partial charge on any atom is 0.387 e. The minimum Gasteiger partial charge on any atom is -0.399 e. The Morgan fingerprint density at radius 2 is 0.878 bits per heavy atom. The number of amides is 2. The zero-order chi connectivity index (χ0) is 33.8. The largest absolute Gasteiger partial charge is 0.399 e. The van der Waals surface area contributed by atoms with Crippen molar-refractivity contribution < 1.29 is 44.9 Å². The first-order valence-electron chi connectivity index (χ1n) is 15.7. The second kappa shape index (κ2) is 14.5. The molecule has 0 aliphatic carbocycles. The van der Waals surface area contributed by atoms with Gasteiger partial charge >= 0.3 is 16.5 Å². The second-order valence-electron chi connectivity index (χ2n) is 11.5. The molecule has 1 aliphatic rings. The van der Waals surface area contributed by atoms with Crippen molar-refractivity contribution in [3.05, 3.63) is 97.1 Å². The smallest absolute Gasteiger partial charge is 0.387 e. The minimum atomic E-state index is -1.79. The van der Waals surface area contributed by atoms with Gasteiger partial charge in [0.05, 0.1) is 13.2 Å². The first-order chi connectivity index (χ1) is 23.8. The zero-order valence-corrected chi connectivity index (χ0v) is 28.5. The Labute approximate surface area is 282 Å². The van der Waals surface area contributed by atoms with Crippen molar-refractivity contribution in [2.75, 3.05) is 26.3 Å². The Kier molecular flexibility index (Phi) is 9.77. The van der Waals surface area contributed by atoms with Crippen molar-refractivity contribution >= 4 is 72.2 Å². The molecule has 0 unspecified atom stereocenters. The average molecular weight is 705 g/mol. The summed E-state index contributed by atoms with van der Waals surface area (Å²) in [6.07, 6.45) is -2.37. The fourth-order valence-corrected chi connectivity index (χ4v) is 7.52. The van der Waals surface area contributed by atoms with Crippen LogP contribution in [0.2, 0.25) is 0 Å². The normalized spacial score (nSPS) is 17.0. The summed E-state index contributed by atoms with van der Waals surface area (Å²) in [5.41, 5.74) is 2.58. The summed E-state index contributed by atoms with van der Waals surface area (Å²) in [5, 5.41) is 9.15. The van der Waals surface area contributed by atoms with Crippen molar-refractivity contribution in [3.8, 4) is 0 Å². The van der Waals surface area contributed by atoms with Crippen LogP contribution in [0.4, 0.5) is 0 Å². The number of para-hydroxylation sites is 4. The van der Waals surface area contributed by atoms with E-state index in [0.717, 1.165) is 21.5 Å². The molecule has 1 saturated heterocycles. The van der Waals surface area contributed by atoms with Crippen LogP contribution in [0.25, 0.3) is 43.9 Å². The lowest BCUT2D eigenvalue weighted by Gasteiger charge is -2.16. The summed E-state index contributed by atoms with van der Waals surface area (Å²) in [6, 6.07) is 30.5. The maximum absolute atomic E-state index is 13.2. The molecule has 2 aromatic heterocycles. The van der Waals surface area contributed by atoms with Gasteiger partial charge in [-0.05, 0) is 38.1 Å². The third-order valence-electron chi connectivity index (χ3n) is 7.63. The molecule has 1 aliphatic heterocycles. The fraction of sp³-hybridized carbons (Fsp3) is 0.257. The van der Waals surface area contributed by atoms with Gasteiger partial charge in [-0.25, -0.2) is 0 Å². The van der Waals surface area contributed by atoms with Crippen LogP contribution in [0.1, 0.15) is 13.8 Å². The number of carbonyl (C=O) groups is 2. The van der Waals surface area contributed by atoms with Gasteiger partial charge in [0.25, 0.3) is 11.8 Å². The van der Waals surface area contributed by atoms with E-state index in [4.69, 9.17) is 35.3 Å². The van der Waals surface area contributed by atoms with Gasteiger partial charge in [0.2, 0.25) is 0 Å². The second-order valence-corrected chi connectivity index (χ2v) is 13.7. The monoisotopic (exact) mass is 704 g/mol. The number of benzene rings is 4. The van der Waals surface area contributed by atoms with Crippen LogP contribution in [0, 0.1) is 0 Å². The van der Waals surface area contributed by atoms with Crippen LogP contribution in [0.3, 0.4) is 0 Å². The molecule has 4 aromatic carbocycles. The van der Waals surface area contributed by atoms with E-state index >= 15 is 0 Å². The van der Waals surface area contributed by atoms with Crippen LogP contribution in [0.15, 0.2) is 114 Å². The van der Waals surface area contributed by atoms with Crippen LogP contribution in [-0.4, -0.2) is 56.1 Å². The Morgan fingerprint density at radius 1 is 0.571 bits per heavy atom. The minimum absolute atomic E-state index is 0.0923. The van der Waals surface area contributed by atoms with Crippen molar-refractivity contribution in [2.24, 2.45) is 0 Å². The van der Waals surface area contributed by atoms with Crippen molar-refractivity contribution in [1.82, 2.24) is 10.6 Å². The Morgan fingerprint density at radius 3 is 1.20 bits per heavy atom. The predicted octanol–water partition coefficient (Wildman–Crippen LogP) is 7.20. The predicted molar refractivity (Wildman–Crippen MR) is 185 cm³/mol. The quantitative estimate of drug-likeness (QED) is 0.140. The maximum atomic E-state index is 13.2. The molecule has 0 saturated carbocycles. The molecule has 7 rings (SSSR count). The Hall–Kier alpha value is -4.54. The van der Waals surface area contributed by atoms with Crippen molar-refractivity contribution in [1.29, 1.82) is 0 Å². The topological polar surface area (TPSA) is 148 Å². The summed E-state index contributed by atoms with van der Waals surface area (Å²) in [5.74, 6) is -2.19.